The van der Waals surface area contributed by atoms with Gasteiger partial charge in [-0.2, -0.15) is 4.98 Å². The van der Waals surface area contributed by atoms with Crippen LogP contribution in [-0.4, -0.2) is 37.1 Å². The molecule has 0 spiro atoms. The van der Waals surface area contributed by atoms with Crippen molar-refractivity contribution in [2.75, 3.05) is 5.32 Å². The fraction of sp³-hybridized carbons (Fsp3) is 0.292. The molecule has 0 aliphatic rings. The van der Waals surface area contributed by atoms with E-state index in [4.69, 9.17) is 23.2 Å². The molecule has 190 valence electrons. The summed E-state index contributed by atoms with van der Waals surface area (Å²) in [5, 5.41) is 15.6. The molecule has 3 rings (SSSR count). The number of halogens is 2. The number of hydrogen-bond donors (Lipinski definition) is 3. The Balaban J connectivity index is 2.04. The van der Waals surface area contributed by atoms with Crippen molar-refractivity contribution in [3.8, 4) is 0 Å². The fourth-order valence-electron chi connectivity index (χ4n) is 3.29. The minimum absolute atomic E-state index is 0.0235. The van der Waals surface area contributed by atoms with Gasteiger partial charge in [0.05, 0.1) is 23.0 Å². The average Bonchev–Trinajstić information content (AvgIpc) is 2.79. The maximum absolute atomic E-state index is 13.3. The number of nitrogens with zero attached hydrogens (tertiary/aromatic N) is 3. The van der Waals surface area contributed by atoms with Crippen LogP contribution < -0.4 is 22.0 Å². The van der Waals surface area contributed by atoms with E-state index in [-0.39, 0.29) is 41.6 Å². The van der Waals surface area contributed by atoms with E-state index >= 15 is 0 Å². The first kappa shape index (κ1) is 27.0. The third-order valence-electron chi connectivity index (χ3n) is 5.17. The lowest BCUT2D eigenvalue weighted by molar-refractivity contribution is -0.141. The first-order valence-corrected chi connectivity index (χ1v) is 11.8. The van der Waals surface area contributed by atoms with Crippen molar-refractivity contribution < 1.29 is 14.7 Å². The molecule has 3 aromatic rings. The number of nitrogens with one attached hydrogen (secondary N) is 2. The van der Waals surface area contributed by atoms with Gasteiger partial charge in [0.2, 0.25) is 5.95 Å². The zero-order chi connectivity index (χ0) is 26.6. The molecule has 1 heterocycles. The average molecular weight is 534 g/mol. The van der Waals surface area contributed by atoms with Gasteiger partial charge < -0.3 is 15.7 Å². The molecule has 0 aliphatic heterocycles. The van der Waals surface area contributed by atoms with Gasteiger partial charge in [0, 0.05) is 23.3 Å². The second kappa shape index (κ2) is 11.4. The van der Waals surface area contributed by atoms with Crippen molar-refractivity contribution in [2.24, 2.45) is 5.92 Å². The number of carboxylic acids is 1. The van der Waals surface area contributed by atoms with Gasteiger partial charge in [-0.15, -0.1) is 0 Å². The lowest BCUT2D eigenvalue weighted by Crippen LogP contribution is -2.44. The molecule has 0 saturated heterocycles. The first-order valence-electron chi connectivity index (χ1n) is 11.0. The highest BCUT2D eigenvalue weighted by Gasteiger charge is 2.19. The van der Waals surface area contributed by atoms with E-state index in [1.165, 1.54) is 23.6 Å². The van der Waals surface area contributed by atoms with Gasteiger partial charge in [-0.05, 0) is 49.7 Å². The zero-order valence-electron chi connectivity index (χ0n) is 19.8. The van der Waals surface area contributed by atoms with E-state index < -0.39 is 23.3 Å². The maximum atomic E-state index is 13.3. The standard InChI is InChI=1S/C24H25Cl2N5O5/c1-13(2)27-20(32)18-9-8-17(10-19(18)26)28-22-29-23(35)31(11-14(3)21(33)34)24(36)30(22)12-15-4-6-16(25)7-5-15/h4-10,13-14H,11-12H2,1-3H3,(H,27,32)(H,33,34)(H,28,29,35)/t14-/m0/s1. The predicted molar refractivity (Wildman–Crippen MR) is 137 cm³/mol. The molecule has 0 saturated carbocycles. The van der Waals surface area contributed by atoms with Crippen LogP contribution in [0.25, 0.3) is 0 Å². The summed E-state index contributed by atoms with van der Waals surface area (Å²) in [6.45, 7) is 4.73. The maximum Gasteiger partial charge on any atom is 0.354 e. The smallest absolute Gasteiger partial charge is 0.354 e. The van der Waals surface area contributed by atoms with E-state index in [1.54, 1.807) is 30.3 Å². The van der Waals surface area contributed by atoms with Crippen molar-refractivity contribution in [1.29, 1.82) is 0 Å². The molecule has 0 fully saturated rings. The first-order chi connectivity index (χ1) is 17.0. The lowest BCUT2D eigenvalue weighted by Gasteiger charge is -2.17. The molecular formula is C24H25Cl2N5O5. The zero-order valence-corrected chi connectivity index (χ0v) is 21.3. The SMILES string of the molecule is CC(C)NC(=O)c1ccc(Nc2nc(=O)n(C[C@H](C)C(=O)O)c(=O)n2Cc2ccc(Cl)cc2)cc1Cl. The Morgan fingerprint density at radius 1 is 1.03 bits per heavy atom. The Hall–Kier alpha value is -3.63. The second-order valence-corrected chi connectivity index (χ2v) is 9.35. The fourth-order valence-corrected chi connectivity index (χ4v) is 3.69. The lowest BCUT2D eigenvalue weighted by atomic mass is 10.2. The van der Waals surface area contributed by atoms with Crippen LogP contribution in [-0.2, 0) is 17.9 Å². The van der Waals surface area contributed by atoms with Crippen molar-refractivity contribution >= 4 is 46.7 Å². The molecule has 3 N–H and O–H groups in total. The summed E-state index contributed by atoms with van der Waals surface area (Å²) in [5.41, 5.74) is -0.294. The summed E-state index contributed by atoms with van der Waals surface area (Å²) in [5.74, 6) is -2.54. The molecule has 10 nitrogen and oxygen atoms in total. The van der Waals surface area contributed by atoms with Crippen molar-refractivity contribution in [2.45, 2.75) is 39.9 Å². The van der Waals surface area contributed by atoms with Gasteiger partial charge in [-0.3, -0.25) is 14.2 Å². The minimum atomic E-state index is -1.15. The number of rotatable bonds is 9. The number of anilines is 2. The van der Waals surface area contributed by atoms with Crippen LogP contribution in [0.15, 0.2) is 52.1 Å². The molecule has 0 aliphatic carbocycles. The number of aromatic nitrogens is 3. The summed E-state index contributed by atoms with van der Waals surface area (Å²) in [6.07, 6.45) is 0. The Kier molecular flexibility index (Phi) is 8.54. The molecule has 1 aromatic heterocycles. The highest BCUT2D eigenvalue weighted by atomic mass is 35.5. The second-order valence-electron chi connectivity index (χ2n) is 8.51. The minimum Gasteiger partial charge on any atom is -0.481 e. The summed E-state index contributed by atoms with van der Waals surface area (Å²) in [4.78, 5) is 53.6. The molecule has 0 bridgehead atoms. The van der Waals surface area contributed by atoms with Crippen LogP contribution in [0, 0.1) is 5.92 Å². The van der Waals surface area contributed by atoms with E-state index in [0.717, 1.165) is 4.57 Å². The Morgan fingerprint density at radius 2 is 1.69 bits per heavy atom. The van der Waals surface area contributed by atoms with Gasteiger partial charge in [0.1, 0.15) is 0 Å². The largest absolute Gasteiger partial charge is 0.481 e. The normalized spacial score (nSPS) is 11.8. The Labute approximate surface area is 216 Å². The molecule has 0 unspecified atom stereocenters. The Morgan fingerprint density at radius 3 is 2.28 bits per heavy atom. The van der Waals surface area contributed by atoms with Crippen molar-refractivity contribution in [3.63, 3.8) is 0 Å². The van der Waals surface area contributed by atoms with Gasteiger partial charge in [0.15, 0.2) is 0 Å². The van der Waals surface area contributed by atoms with Crippen LogP contribution in [0.5, 0.6) is 0 Å². The van der Waals surface area contributed by atoms with Gasteiger partial charge in [0.25, 0.3) is 5.91 Å². The van der Waals surface area contributed by atoms with Gasteiger partial charge in [-0.25, -0.2) is 14.2 Å². The van der Waals surface area contributed by atoms with E-state index in [0.29, 0.717) is 16.3 Å². The summed E-state index contributed by atoms with van der Waals surface area (Å²) in [7, 11) is 0. The van der Waals surface area contributed by atoms with Gasteiger partial charge in [-0.1, -0.05) is 42.3 Å². The number of carboxylic acid groups (broad SMARTS) is 1. The number of carbonyl (C=O) groups is 2. The molecule has 0 radical (unpaired) electrons. The van der Waals surface area contributed by atoms with E-state index in [1.807, 2.05) is 13.8 Å². The van der Waals surface area contributed by atoms with E-state index in [2.05, 4.69) is 15.6 Å². The third kappa shape index (κ3) is 6.52. The molecule has 2 aromatic carbocycles. The molecule has 1 atom stereocenters. The van der Waals surface area contributed by atoms with Crippen LogP contribution >= 0.6 is 23.2 Å². The quantitative estimate of drug-likeness (QED) is 0.383. The highest BCUT2D eigenvalue weighted by molar-refractivity contribution is 6.34. The number of hydrogen-bond acceptors (Lipinski definition) is 6. The van der Waals surface area contributed by atoms with Crippen LogP contribution in [0.4, 0.5) is 11.6 Å². The van der Waals surface area contributed by atoms with Crippen LogP contribution in [0.3, 0.4) is 0 Å². The molecule has 1 amide bonds. The summed E-state index contributed by atoms with van der Waals surface area (Å²) >= 11 is 12.3. The predicted octanol–water partition coefficient (Wildman–Crippen LogP) is 3.36. The van der Waals surface area contributed by atoms with Crippen molar-refractivity contribution in [3.05, 3.63) is 84.6 Å². The topological polar surface area (TPSA) is 135 Å². The van der Waals surface area contributed by atoms with Crippen LogP contribution in [0.1, 0.15) is 36.7 Å². The number of carbonyl (C=O) groups excluding carboxylic acids is 1. The summed E-state index contributed by atoms with van der Waals surface area (Å²) < 4.78 is 2.00. The Bertz CT molecular complexity index is 1400. The third-order valence-corrected chi connectivity index (χ3v) is 5.74. The number of amides is 1. The van der Waals surface area contributed by atoms with Crippen LogP contribution in [0.2, 0.25) is 10.0 Å². The molecule has 12 heteroatoms. The number of benzene rings is 2. The number of aliphatic carboxylic acids is 1. The monoisotopic (exact) mass is 533 g/mol. The van der Waals surface area contributed by atoms with Crippen molar-refractivity contribution in [1.82, 2.24) is 19.4 Å². The van der Waals surface area contributed by atoms with E-state index in [9.17, 15) is 24.3 Å². The highest BCUT2D eigenvalue weighted by Crippen LogP contribution is 2.23. The summed E-state index contributed by atoms with van der Waals surface area (Å²) in [6, 6.07) is 11.2. The van der Waals surface area contributed by atoms with Gasteiger partial charge >= 0.3 is 17.3 Å². The molecular weight excluding hydrogens is 509 g/mol. The molecule has 36 heavy (non-hydrogen) atoms.